The lowest BCUT2D eigenvalue weighted by Gasteiger charge is -2.48. The fourth-order valence-corrected chi connectivity index (χ4v) is 11.7. The van der Waals surface area contributed by atoms with Crippen molar-refractivity contribution in [2.24, 2.45) is 23.7 Å². The van der Waals surface area contributed by atoms with Gasteiger partial charge in [0.05, 0.1) is 73.3 Å². The van der Waals surface area contributed by atoms with Crippen LogP contribution in [0.25, 0.3) is 0 Å². The van der Waals surface area contributed by atoms with Crippen LogP contribution in [0.4, 0.5) is 4.79 Å². The van der Waals surface area contributed by atoms with Crippen LogP contribution in [0.1, 0.15) is 97.0 Å². The second-order valence-electron chi connectivity index (χ2n) is 20.6. The number of hydrogen-bond acceptors (Lipinski definition) is 18. The molecule has 14 atom stereocenters. The number of esters is 2. The van der Waals surface area contributed by atoms with Gasteiger partial charge in [0, 0.05) is 80.5 Å². The van der Waals surface area contributed by atoms with Crippen LogP contribution in [-0.4, -0.2) is 177 Å². The van der Waals surface area contributed by atoms with Gasteiger partial charge in [0.15, 0.2) is 29.2 Å². The maximum Gasteiger partial charge on any atom is 0.410 e. The third-order valence-electron chi connectivity index (χ3n) is 15.4. The summed E-state index contributed by atoms with van der Waals surface area (Å²) in [4.78, 5) is 78.9. The van der Waals surface area contributed by atoms with E-state index in [1.54, 1.807) is 73.7 Å². The van der Waals surface area contributed by atoms with Gasteiger partial charge in [-0.15, -0.1) is 0 Å². The molecule has 1 aromatic heterocycles. The van der Waals surface area contributed by atoms with Gasteiger partial charge >= 0.3 is 18.0 Å². The standard InChI is InChI=1S/C53H76Cl2N4O15/c1-12-42-53(8)47(59(51(65)74-53)16-13-19-69-41-23-34(14-15-40(41)66-10)39(60)24-35-36(54)26-57-27-37(35)55)31(4)44(62)29(2)25-52(7,67-11)48(73-50-45(63)38(56-9)22-30(3)70-50)32(5)46(33(6)49(64)71-42)72-43(61)28-58-17-20-68-21-18-58/h14-15,23,26-27,29-33,38,42,45-48,50,56,63H,12-13,16-22,24-25,28H2,1-11H3/t29-,30-,31+,32+,33-,38+,42-,45-,46+,47-,48-,50+,52-,53-/m1/s1. The number of aromatic nitrogens is 1. The van der Waals surface area contributed by atoms with Gasteiger partial charge in [-0.2, -0.15) is 0 Å². The van der Waals surface area contributed by atoms with E-state index in [4.69, 9.17) is 65.8 Å². The van der Waals surface area contributed by atoms with Crippen molar-refractivity contribution in [1.29, 1.82) is 0 Å². The molecule has 2 N–H and O–H groups in total. The summed E-state index contributed by atoms with van der Waals surface area (Å²) < 4.78 is 55.7. The number of hydrogen-bond donors (Lipinski definition) is 2. The number of methoxy groups -OCH3 is 2. The Morgan fingerprint density at radius 1 is 0.986 bits per heavy atom. The number of benzene rings is 1. The van der Waals surface area contributed by atoms with Gasteiger partial charge in [-0.05, 0) is 78.6 Å². The van der Waals surface area contributed by atoms with Crippen molar-refractivity contribution in [3.05, 3.63) is 51.8 Å². The summed E-state index contributed by atoms with van der Waals surface area (Å²) >= 11 is 12.6. The van der Waals surface area contributed by atoms with Crippen LogP contribution in [0.15, 0.2) is 30.6 Å². The van der Waals surface area contributed by atoms with Crippen molar-refractivity contribution in [1.82, 2.24) is 20.1 Å². The largest absolute Gasteiger partial charge is 0.493 e. The summed E-state index contributed by atoms with van der Waals surface area (Å²) in [7, 11) is 4.71. The number of fused-ring (bicyclic) bond motifs is 1. The van der Waals surface area contributed by atoms with Crippen LogP contribution in [-0.2, 0) is 54.0 Å². The molecule has 6 rings (SSSR count). The quantitative estimate of drug-likeness (QED) is 0.0788. The molecule has 74 heavy (non-hydrogen) atoms. The number of morpholine rings is 1. The molecule has 0 saturated carbocycles. The summed E-state index contributed by atoms with van der Waals surface area (Å²) in [6.07, 6.45) is -2.89. The Hall–Kier alpha value is -4.18. The van der Waals surface area contributed by atoms with Crippen molar-refractivity contribution in [3.63, 3.8) is 0 Å². The smallest absolute Gasteiger partial charge is 0.410 e. The van der Waals surface area contributed by atoms with Crippen LogP contribution >= 0.6 is 23.2 Å². The number of carbonyl (C=O) groups is 5. The lowest BCUT2D eigenvalue weighted by molar-refractivity contribution is -0.297. The Bertz CT molecular complexity index is 2270. The maximum atomic E-state index is 15.1. The van der Waals surface area contributed by atoms with Gasteiger partial charge in [-0.25, -0.2) is 4.79 Å². The van der Waals surface area contributed by atoms with E-state index in [1.165, 1.54) is 31.5 Å². The van der Waals surface area contributed by atoms with Crippen molar-refractivity contribution in [2.45, 2.75) is 148 Å². The topological polar surface area (TPSA) is 220 Å². The molecule has 0 aliphatic carbocycles. The second kappa shape index (κ2) is 25.8. The normalized spacial score (nSPS) is 33.5. The van der Waals surface area contributed by atoms with Gasteiger partial charge in [0.25, 0.3) is 0 Å². The number of ketones is 2. The first kappa shape index (κ1) is 59.1. The number of Topliss-reactive ketones (excluding diaryl/α,β-unsaturated/α-hetero) is 2. The third kappa shape index (κ3) is 13.3. The van der Waals surface area contributed by atoms with Crippen molar-refractivity contribution in [3.8, 4) is 11.5 Å². The minimum atomic E-state index is -1.54. The molecular formula is C53H76Cl2N4O15. The number of ether oxygens (including phenoxy) is 9. The lowest BCUT2D eigenvalue weighted by Crippen LogP contribution is -2.61. The highest BCUT2D eigenvalue weighted by Gasteiger charge is 2.60. The van der Waals surface area contributed by atoms with E-state index in [-0.39, 0.29) is 84.9 Å². The van der Waals surface area contributed by atoms with Crippen molar-refractivity contribution < 1.29 is 71.7 Å². The first-order chi connectivity index (χ1) is 35.1. The highest BCUT2D eigenvalue weighted by atomic mass is 35.5. The molecule has 5 heterocycles. The summed E-state index contributed by atoms with van der Waals surface area (Å²) in [5.41, 5.74) is -2.12. The number of rotatable bonds is 17. The molecule has 2 aromatic rings. The molecule has 0 bridgehead atoms. The van der Waals surface area contributed by atoms with E-state index >= 15 is 4.79 Å². The Morgan fingerprint density at radius 3 is 2.31 bits per heavy atom. The van der Waals surface area contributed by atoms with Gasteiger partial charge in [-0.1, -0.05) is 50.9 Å². The van der Waals surface area contributed by atoms with E-state index in [2.05, 4.69) is 10.3 Å². The molecule has 0 unspecified atom stereocenters. The van der Waals surface area contributed by atoms with Gasteiger partial charge in [0.1, 0.15) is 24.1 Å². The molecule has 1 amide bonds. The van der Waals surface area contributed by atoms with E-state index in [0.29, 0.717) is 49.6 Å². The number of pyridine rings is 1. The molecule has 19 nitrogen and oxygen atoms in total. The Labute approximate surface area is 444 Å². The van der Waals surface area contributed by atoms with E-state index in [9.17, 15) is 24.3 Å². The van der Waals surface area contributed by atoms with Crippen molar-refractivity contribution in [2.75, 3.05) is 67.3 Å². The summed E-state index contributed by atoms with van der Waals surface area (Å²) in [6.45, 7) is 16.0. The Morgan fingerprint density at radius 2 is 1.68 bits per heavy atom. The van der Waals surface area contributed by atoms with Gasteiger partial charge in [-0.3, -0.25) is 29.1 Å². The predicted molar refractivity (Wildman–Crippen MR) is 272 cm³/mol. The minimum absolute atomic E-state index is 0.0519. The number of nitrogens with one attached hydrogen (secondary N) is 1. The van der Waals surface area contributed by atoms with E-state index in [0.717, 1.165) is 0 Å². The molecule has 412 valence electrons. The monoisotopic (exact) mass is 1080 g/mol. The van der Waals surface area contributed by atoms with Crippen LogP contribution in [0.3, 0.4) is 0 Å². The maximum absolute atomic E-state index is 15.1. The zero-order valence-electron chi connectivity index (χ0n) is 44.6. The SMILES string of the molecule is CC[C@H]1OC(=O)[C@H](C)[C@@H](OC(=O)CN2CCOCC2)[C@H](C)[C@@H](O[C@@H]2O[C@H](C)C[C@H](NC)[C@H]2O)[C@](C)(OC)C[C@@H](C)C(=O)[C@H](C)[C@H]2N(CCCOc3cc(C(=O)Cc4c(Cl)cncc4Cl)ccc3OC)C(=O)O[C@]12C. The molecule has 0 radical (unpaired) electrons. The average Bonchev–Trinajstić information content (AvgIpc) is 3.64. The van der Waals surface area contributed by atoms with Crippen molar-refractivity contribution >= 4 is 52.8 Å². The number of aliphatic hydroxyl groups excluding tert-OH is 1. The first-order valence-corrected chi connectivity index (χ1v) is 26.4. The second-order valence-corrected chi connectivity index (χ2v) is 21.4. The molecule has 0 spiro atoms. The van der Waals surface area contributed by atoms with Gasteiger partial charge in [0.2, 0.25) is 0 Å². The molecule has 4 aliphatic rings. The molecular weight excluding hydrogens is 1000 g/mol. The predicted octanol–water partition coefficient (Wildman–Crippen LogP) is 6.13. The lowest BCUT2D eigenvalue weighted by atomic mass is 9.73. The van der Waals surface area contributed by atoms with Crippen LogP contribution in [0.5, 0.6) is 11.5 Å². The number of nitrogens with zero attached hydrogens (tertiary/aromatic N) is 3. The Kier molecular flexibility index (Phi) is 20.6. The highest BCUT2D eigenvalue weighted by Crippen LogP contribution is 2.44. The average molecular weight is 1080 g/mol. The summed E-state index contributed by atoms with van der Waals surface area (Å²) in [5.74, 6) is -4.75. The van der Waals surface area contributed by atoms with E-state index < -0.39 is 89.7 Å². The molecule has 21 heteroatoms. The number of likely N-dealkylation sites (N-methyl/N-ethyl adjacent to an activating group) is 1. The molecule has 4 fully saturated rings. The van der Waals surface area contributed by atoms with E-state index in [1.807, 2.05) is 11.8 Å². The minimum Gasteiger partial charge on any atom is -0.493 e. The number of halogens is 2. The van der Waals surface area contributed by atoms with Gasteiger partial charge < -0.3 is 58.0 Å². The number of carbonyl (C=O) groups excluding carboxylic acids is 5. The molecule has 4 saturated heterocycles. The fourth-order valence-electron chi connectivity index (χ4n) is 11.2. The zero-order chi connectivity index (χ0) is 54.2. The highest BCUT2D eigenvalue weighted by molar-refractivity contribution is 6.36. The number of amides is 1. The number of aliphatic hydroxyl groups is 1. The fraction of sp³-hybridized carbons (Fsp3) is 0.698. The number of cyclic esters (lactones) is 1. The van der Waals surface area contributed by atoms with Crippen LogP contribution in [0, 0.1) is 23.7 Å². The Balaban J connectivity index is 1.31. The van der Waals surface area contributed by atoms with Crippen LogP contribution in [0.2, 0.25) is 10.0 Å². The zero-order valence-corrected chi connectivity index (χ0v) is 46.1. The summed E-state index contributed by atoms with van der Waals surface area (Å²) in [5, 5.41) is 15.3. The third-order valence-corrected chi connectivity index (χ3v) is 16.0. The molecule has 1 aromatic carbocycles. The van der Waals surface area contributed by atoms with Crippen LogP contribution < -0.4 is 14.8 Å². The summed E-state index contributed by atoms with van der Waals surface area (Å²) in [6, 6.07) is 3.46. The molecule has 4 aliphatic heterocycles. The first-order valence-electron chi connectivity index (χ1n) is 25.7.